The molecule has 12 rings (SSSR count). The van der Waals surface area contributed by atoms with Crippen molar-refractivity contribution in [1.29, 1.82) is 0 Å². The monoisotopic (exact) mass is 748 g/mol. The number of rotatable bonds is 6. The summed E-state index contributed by atoms with van der Waals surface area (Å²) in [5.41, 5.74) is 17.3. The van der Waals surface area contributed by atoms with Gasteiger partial charge in [-0.3, -0.25) is 0 Å². The maximum atomic E-state index is 6.73. The van der Waals surface area contributed by atoms with Crippen LogP contribution in [0.5, 0.6) is 0 Å². The van der Waals surface area contributed by atoms with Crippen molar-refractivity contribution in [3.63, 3.8) is 0 Å². The summed E-state index contributed by atoms with van der Waals surface area (Å²) in [6.45, 7) is 4.36. The average molecular weight is 749 g/mol. The molecule has 0 bridgehead atoms. The summed E-state index contributed by atoms with van der Waals surface area (Å²) < 4.78 is 13.4. The Morgan fingerprint density at radius 1 is 0.534 bits per heavy atom. The minimum atomic E-state index is 0.143. The van der Waals surface area contributed by atoms with E-state index < -0.39 is 0 Å². The van der Waals surface area contributed by atoms with Gasteiger partial charge in [0.25, 0.3) is 0 Å². The molecule has 0 saturated carbocycles. The maximum absolute atomic E-state index is 6.73. The molecule has 278 valence electrons. The van der Waals surface area contributed by atoms with E-state index in [1.165, 1.54) is 49.7 Å². The molecule has 3 aliphatic carbocycles. The zero-order valence-electron chi connectivity index (χ0n) is 32.5. The van der Waals surface area contributed by atoms with E-state index in [4.69, 9.17) is 8.83 Å². The molecule has 0 N–H and O–H groups in total. The molecule has 4 heteroatoms. The van der Waals surface area contributed by atoms with E-state index in [2.05, 4.69) is 187 Å². The largest absolute Gasteiger partial charge is 0.454 e. The van der Waals surface area contributed by atoms with Gasteiger partial charge in [-0.1, -0.05) is 109 Å². The number of furan rings is 2. The zero-order chi connectivity index (χ0) is 38.5. The standard InChI is InChI=1S/C54H40N2O2/c1-33-11-7-13-37(31-33)55(47-19-9-17-41-39-15-3-5-21-49(39)57-53(41)47)45-29-25-35-24-28-44-46(30-26-36-23-27-43(45)51(35)52(36)44)56(38-14-8-12-34(2)32-38)48-20-10-18-42-40-16-4-6-22-50(40)58-54(42)48/h3-25,28-29,31-32,43H,26-27,30H2,1-2H3. The third kappa shape index (κ3) is 4.94. The van der Waals surface area contributed by atoms with Gasteiger partial charge in [0.2, 0.25) is 0 Å². The molecule has 0 amide bonds. The van der Waals surface area contributed by atoms with Crippen LogP contribution in [0.25, 0.3) is 61.2 Å². The molecule has 9 aromatic rings. The number of benzene rings is 7. The van der Waals surface area contributed by atoms with Crippen molar-refractivity contribution in [2.45, 2.75) is 39.0 Å². The van der Waals surface area contributed by atoms with Crippen LogP contribution in [0.4, 0.5) is 22.7 Å². The molecule has 0 fully saturated rings. The van der Waals surface area contributed by atoms with Gasteiger partial charge in [-0.15, -0.1) is 0 Å². The summed E-state index contributed by atoms with van der Waals surface area (Å²) in [5, 5.41) is 7.13. The summed E-state index contributed by atoms with van der Waals surface area (Å²) in [7, 11) is 0. The molecule has 1 atom stereocenters. The lowest BCUT2D eigenvalue weighted by atomic mass is 9.73. The zero-order valence-corrected chi connectivity index (χ0v) is 32.5. The molecule has 0 saturated heterocycles. The van der Waals surface area contributed by atoms with Gasteiger partial charge in [0.05, 0.1) is 11.4 Å². The summed E-state index contributed by atoms with van der Waals surface area (Å²) in [6, 6.07) is 52.5. The van der Waals surface area contributed by atoms with Crippen LogP contribution in [0.2, 0.25) is 0 Å². The van der Waals surface area contributed by atoms with Crippen molar-refractivity contribution >= 4 is 84.0 Å². The van der Waals surface area contributed by atoms with Crippen molar-refractivity contribution in [2.24, 2.45) is 0 Å². The van der Waals surface area contributed by atoms with E-state index in [0.29, 0.717) is 0 Å². The van der Waals surface area contributed by atoms with Crippen molar-refractivity contribution in [2.75, 3.05) is 9.80 Å². The molecule has 0 spiro atoms. The van der Waals surface area contributed by atoms with Crippen LogP contribution in [0.1, 0.15) is 47.4 Å². The Morgan fingerprint density at radius 3 is 1.78 bits per heavy atom. The lowest BCUT2D eigenvalue weighted by molar-refractivity contribution is 0.667. The first kappa shape index (κ1) is 33.1. The number of allylic oxidation sites excluding steroid dienone is 4. The van der Waals surface area contributed by atoms with Crippen molar-refractivity contribution in [3.8, 4) is 0 Å². The smallest absolute Gasteiger partial charge is 0.159 e. The molecule has 2 heterocycles. The number of para-hydroxylation sites is 4. The van der Waals surface area contributed by atoms with Crippen LogP contribution >= 0.6 is 0 Å². The first-order valence-electron chi connectivity index (χ1n) is 20.4. The van der Waals surface area contributed by atoms with E-state index in [9.17, 15) is 0 Å². The second kappa shape index (κ2) is 12.7. The van der Waals surface area contributed by atoms with Crippen LogP contribution < -0.4 is 20.2 Å². The number of aryl methyl sites for hydroxylation is 2. The Hall–Kier alpha value is -7.04. The summed E-state index contributed by atoms with van der Waals surface area (Å²) >= 11 is 0. The quantitative estimate of drug-likeness (QED) is 0.170. The lowest BCUT2D eigenvalue weighted by Gasteiger charge is -2.39. The maximum Gasteiger partial charge on any atom is 0.159 e. The fraction of sp³-hybridized carbons (Fsp3) is 0.111. The van der Waals surface area contributed by atoms with Crippen LogP contribution in [-0.4, -0.2) is 0 Å². The number of hydrogen-bond donors (Lipinski definition) is 0. The van der Waals surface area contributed by atoms with Crippen LogP contribution in [0.15, 0.2) is 172 Å². The topological polar surface area (TPSA) is 32.8 Å². The summed E-state index contributed by atoms with van der Waals surface area (Å²) in [4.78, 5) is 4.95. The van der Waals surface area contributed by atoms with Crippen molar-refractivity contribution in [1.82, 2.24) is 0 Å². The highest BCUT2D eigenvalue weighted by Crippen LogP contribution is 2.49. The number of fused-ring (bicyclic) bond motifs is 6. The van der Waals surface area contributed by atoms with Gasteiger partial charge < -0.3 is 18.6 Å². The highest BCUT2D eigenvalue weighted by Gasteiger charge is 2.35. The van der Waals surface area contributed by atoms with Gasteiger partial charge in [-0.2, -0.15) is 0 Å². The van der Waals surface area contributed by atoms with Gasteiger partial charge in [-0.25, -0.2) is 0 Å². The Morgan fingerprint density at radius 2 is 1.12 bits per heavy atom. The van der Waals surface area contributed by atoms with E-state index in [1.54, 1.807) is 0 Å². The minimum absolute atomic E-state index is 0.143. The second-order valence-electron chi connectivity index (χ2n) is 16.1. The van der Waals surface area contributed by atoms with Crippen LogP contribution in [0.3, 0.4) is 0 Å². The number of hydrogen-bond acceptors (Lipinski definition) is 4. The summed E-state index contributed by atoms with van der Waals surface area (Å²) in [5.74, 6) is 0.143. The van der Waals surface area contributed by atoms with Gasteiger partial charge in [-0.05, 0) is 121 Å². The predicted octanol–water partition coefficient (Wildman–Crippen LogP) is 13.2. The minimum Gasteiger partial charge on any atom is -0.454 e. The average Bonchev–Trinajstić information content (AvgIpc) is 3.84. The molecule has 3 aliphatic rings. The molecular formula is C54H40N2O2. The first-order valence-corrected chi connectivity index (χ1v) is 20.4. The number of anilines is 4. The van der Waals surface area contributed by atoms with Crippen LogP contribution in [0, 0.1) is 13.8 Å². The van der Waals surface area contributed by atoms with E-state index >= 15 is 0 Å². The van der Waals surface area contributed by atoms with E-state index in [0.717, 1.165) is 85.9 Å². The van der Waals surface area contributed by atoms with Crippen LogP contribution in [-0.2, 0) is 0 Å². The Balaban J connectivity index is 1.09. The highest BCUT2D eigenvalue weighted by atomic mass is 16.3. The second-order valence-corrected chi connectivity index (χ2v) is 16.1. The fourth-order valence-electron chi connectivity index (χ4n) is 10.1. The van der Waals surface area contributed by atoms with E-state index in [1.807, 2.05) is 0 Å². The molecule has 58 heavy (non-hydrogen) atoms. The highest BCUT2D eigenvalue weighted by molar-refractivity contribution is 6.11. The molecular weight excluding hydrogens is 709 g/mol. The lowest BCUT2D eigenvalue weighted by Crippen LogP contribution is -2.36. The molecule has 0 radical (unpaired) electrons. The third-order valence-corrected chi connectivity index (χ3v) is 12.6. The molecule has 0 aliphatic heterocycles. The molecule has 4 nitrogen and oxygen atoms in total. The third-order valence-electron chi connectivity index (χ3n) is 12.6. The van der Waals surface area contributed by atoms with Crippen molar-refractivity contribution in [3.05, 3.63) is 196 Å². The van der Waals surface area contributed by atoms with Gasteiger partial charge in [0, 0.05) is 55.5 Å². The fourth-order valence-corrected chi connectivity index (χ4v) is 10.1. The first-order chi connectivity index (χ1) is 28.6. The van der Waals surface area contributed by atoms with Gasteiger partial charge >= 0.3 is 0 Å². The molecule has 7 aromatic carbocycles. The molecule has 1 unspecified atom stereocenters. The number of nitrogens with zero attached hydrogens (tertiary/aromatic N) is 2. The Kier molecular flexibility index (Phi) is 7.28. The normalized spacial score (nSPS) is 15.7. The predicted molar refractivity (Wildman–Crippen MR) is 240 cm³/mol. The van der Waals surface area contributed by atoms with Gasteiger partial charge in [0.15, 0.2) is 11.2 Å². The summed E-state index contributed by atoms with van der Waals surface area (Å²) in [6.07, 6.45) is 10.1. The SMILES string of the molecule is Cc1cccc(N(C2=CC=c3ccc4c5c3C2CC=C5CCC=4N(c2cccc(C)c2)c2cccc3c2oc2ccccc23)c2cccc3c2oc2ccccc23)c1. The van der Waals surface area contributed by atoms with Gasteiger partial charge in [0.1, 0.15) is 11.2 Å². The Bertz CT molecular complexity index is 3380. The Labute approximate surface area is 336 Å². The van der Waals surface area contributed by atoms with Crippen molar-refractivity contribution < 1.29 is 8.83 Å². The van der Waals surface area contributed by atoms with E-state index in [-0.39, 0.29) is 5.92 Å². The molecule has 2 aromatic heterocycles.